The standard InChI is InChI=1S/C19H30N4O4S/c1-15(2)16-5-7-17(8-6-16)28(26,27)23-11-9-22(10-12-23)14-19(25)21(4)13-18(24)20-3/h5-8,15H,9-14H2,1-4H3,(H,20,24)/p+1. The van der Waals surface area contributed by atoms with Gasteiger partial charge in [-0.05, 0) is 23.6 Å². The molecule has 0 unspecified atom stereocenters. The van der Waals surface area contributed by atoms with Crippen LogP contribution in [0.1, 0.15) is 25.3 Å². The third kappa shape index (κ3) is 5.52. The minimum Gasteiger partial charge on any atom is -0.358 e. The minimum atomic E-state index is -3.52. The van der Waals surface area contributed by atoms with Crippen LogP contribution >= 0.6 is 0 Å². The van der Waals surface area contributed by atoms with Gasteiger partial charge in [-0.25, -0.2) is 8.42 Å². The zero-order valence-electron chi connectivity index (χ0n) is 17.1. The quantitative estimate of drug-likeness (QED) is 0.596. The van der Waals surface area contributed by atoms with E-state index in [1.165, 1.54) is 16.3 Å². The molecule has 0 aromatic heterocycles. The number of hydrogen-bond acceptors (Lipinski definition) is 4. The highest BCUT2D eigenvalue weighted by molar-refractivity contribution is 7.89. The molecule has 0 bridgehead atoms. The summed E-state index contributed by atoms with van der Waals surface area (Å²) in [6, 6.07) is 7.06. The number of carbonyl (C=O) groups is 2. The van der Waals surface area contributed by atoms with Gasteiger partial charge in [0.2, 0.25) is 15.9 Å². The van der Waals surface area contributed by atoms with Gasteiger partial charge in [-0.2, -0.15) is 4.31 Å². The fraction of sp³-hybridized carbons (Fsp3) is 0.579. The van der Waals surface area contributed by atoms with Crippen LogP contribution in [0, 0.1) is 0 Å². The summed E-state index contributed by atoms with van der Waals surface area (Å²) in [7, 11) is -0.395. The van der Waals surface area contributed by atoms with Crippen LogP contribution < -0.4 is 10.2 Å². The van der Waals surface area contributed by atoms with Crippen LogP contribution in [-0.4, -0.2) is 82.8 Å². The Morgan fingerprint density at radius 3 is 2.25 bits per heavy atom. The molecule has 28 heavy (non-hydrogen) atoms. The van der Waals surface area contributed by atoms with Gasteiger partial charge < -0.3 is 15.1 Å². The lowest BCUT2D eigenvalue weighted by atomic mass is 10.0. The molecule has 0 atom stereocenters. The molecule has 1 saturated heterocycles. The van der Waals surface area contributed by atoms with Crippen LogP contribution in [0.2, 0.25) is 0 Å². The van der Waals surface area contributed by atoms with E-state index in [0.717, 1.165) is 10.5 Å². The zero-order valence-corrected chi connectivity index (χ0v) is 17.9. The Hall–Kier alpha value is -1.97. The smallest absolute Gasteiger partial charge is 0.277 e. The number of hydrogen-bond donors (Lipinski definition) is 2. The monoisotopic (exact) mass is 411 g/mol. The third-order valence-electron chi connectivity index (χ3n) is 5.10. The molecule has 1 aromatic carbocycles. The maximum atomic E-state index is 12.9. The number of rotatable bonds is 7. The van der Waals surface area contributed by atoms with E-state index >= 15 is 0 Å². The molecule has 0 saturated carbocycles. The van der Waals surface area contributed by atoms with Gasteiger partial charge in [0, 0.05) is 14.1 Å². The van der Waals surface area contributed by atoms with Gasteiger partial charge in [-0.3, -0.25) is 9.59 Å². The van der Waals surface area contributed by atoms with Gasteiger partial charge in [0.15, 0.2) is 6.54 Å². The molecular formula is C19H31N4O4S+. The molecule has 1 heterocycles. The van der Waals surface area contributed by atoms with Gasteiger partial charge in [-0.15, -0.1) is 0 Å². The Bertz CT molecular complexity index is 785. The van der Waals surface area contributed by atoms with Crippen molar-refractivity contribution in [1.82, 2.24) is 14.5 Å². The summed E-state index contributed by atoms with van der Waals surface area (Å²) in [6.07, 6.45) is 0. The summed E-state index contributed by atoms with van der Waals surface area (Å²) < 4.78 is 27.2. The largest absolute Gasteiger partial charge is 0.358 e. The van der Waals surface area contributed by atoms with Crippen LogP contribution in [0.25, 0.3) is 0 Å². The minimum absolute atomic E-state index is 0.0233. The molecule has 156 valence electrons. The first kappa shape index (κ1) is 22.3. The molecule has 8 nitrogen and oxygen atoms in total. The highest BCUT2D eigenvalue weighted by Gasteiger charge is 2.31. The second-order valence-corrected chi connectivity index (χ2v) is 9.42. The van der Waals surface area contributed by atoms with Crippen molar-refractivity contribution in [2.45, 2.75) is 24.7 Å². The highest BCUT2D eigenvalue weighted by Crippen LogP contribution is 2.20. The van der Waals surface area contributed by atoms with Crippen molar-refractivity contribution in [1.29, 1.82) is 0 Å². The molecule has 2 rings (SSSR count). The Balaban J connectivity index is 1.92. The number of quaternary nitrogens is 1. The molecule has 9 heteroatoms. The van der Waals surface area contributed by atoms with E-state index in [2.05, 4.69) is 19.2 Å². The second kappa shape index (κ2) is 9.49. The molecule has 2 N–H and O–H groups in total. The normalized spacial score (nSPS) is 16.2. The predicted octanol–water partition coefficient (Wildman–Crippen LogP) is -1.10. The van der Waals surface area contributed by atoms with Crippen molar-refractivity contribution < 1.29 is 22.9 Å². The van der Waals surface area contributed by atoms with Crippen LogP contribution in [0.4, 0.5) is 0 Å². The molecule has 1 aliphatic heterocycles. The molecular weight excluding hydrogens is 380 g/mol. The molecule has 2 amide bonds. The summed E-state index contributed by atoms with van der Waals surface area (Å²) >= 11 is 0. The number of piperazine rings is 1. The first-order chi connectivity index (χ1) is 13.1. The van der Waals surface area contributed by atoms with Crippen LogP contribution in [0.15, 0.2) is 29.2 Å². The number of sulfonamides is 1. The molecule has 0 radical (unpaired) electrons. The fourth-order valence-corrected chi connectivity index (χ4v) is 4.57. The highest BCUT2D eigenvalue weighted by atomic mass is 32.2. The Labute approximate surface area is 167 Å². The predicted molar refractivity (Wildman–Crippen MR) is 107 cm³/mol. The van der Waals surface area contributed by atoms with E-state index in [1.807, 2.05) is 12.1 Å². The van der Waals surface area contributed by atoms with Crippen molar-refractivity contribution in [3.05, 3.63) is 29.8 Å². The van der Waals surface area contributed by atoms with Crippen molar-refractivity contribution in [3.63, 3.8) is 0 Å². The van der Waals surface area contributed by atoms with Crippen molar-refractivity contribution in [2.24, 2.45) is 0 Å². The Morgan fingerprint density at radius 2 is 1.75 bits per heavy atom. The summed E-state index contributed by atoms with van der Waals surface area (Å²) in [5, 5.41) is 2.49. The first-order valence-corrected chi connectivity index (χ1v) is 11.0. The average Bonchev–Trinajstić information content (AvgIpc) is 2.68. The van der Waals surface area contributed by atoms with E-state index in [1.54, 1.807) is 19.2 Å². The molecule has 1 fully saturated rings. The van der Waals surface area contributed by atoms with Gasteiger partial charge in [-0.1, -0.05) is 26.0 Å². The summed E-state index contributed by atoms with van der Waals surface area (Å²) in [5.74, 6) is 0.00685. The summed E-state index contributed by atoms with van der Waals surface area (Å²) in [4.78, 5) is 26.3. The number of amides is 2. The molecule has 0 aliphatic carbocycles. The third-order valence-corrected chi connectivity index (χ3v) is 7.01. The van der Waals surface area contributed by atoms with E-state index in [-0.39, 0.29) is 24.9 Å². The zero-order chi connectivity index (χ0) is 20.9. The van der Waals surface area contributed by atoms with Crippen LogP contribution in [0.5, 0.6) is 0 Å². The second-order valence-electron chi connectivity index (χ2n) is 7.48. The van der Waals surface area contributed by atoms with Gasteiger partial charge in [0.1, 0.15) is 0 Å². The van der Waals surface area contributed by atoms with Crippen LogP contribution in [-0.2, 0) is 19.6 Å². The van der Waals surface area contributed by atoms with E-state index in [9.17, 15) is 18.0 Å². The Morgan fingerprint density at radius 1 is 1.18 bits per heavy atom. The lowest BCUT2D eigenvalue weighted by Gasteiger charge is -2.32. The lowest BCUT2D eigenvalue weighted by Crippen LogP contribution is -3.15. The maximum absolute atomic E-state index is 12.9. The van der Waals surface area contributed by atoms with Gasteiger partial charge in [0.25, 0.3) is 5.91 Å². The fourth-order valence-electron chi connectivity index (χ4n) is 3.12. The van der Waals surface area contributed by atoms with Gasteiger partial charge >= 0.3 is 0 Å². The van der Waals surface area contributed by atoms with Crippen molar-refractivity contribution in [2.75, 3.05) is 53.4 Å². The topological polar surface area (TPSA) is 91.2 Å². The van der Waals surface area contributed by atoms with E-state index in [0.29, 0.717) is 37.0 Å². The number of carbonyl (C=O) groups excluding carboxylic acids is 2. The molecule has 1 aromatic rings. The van der Waals surface area contributed by atoms with E-state index < -0.39 is 10.0 Å². The SMILES string of the molecule is CNC(=O)CN(C)C(=O)C[NH+]1CCN(S(=O)(=O)c2ccc(C(C)C)cc2)CC1. The average molecular weight is 412 g/mol. The summed E-state index contributed by atoms with van der Waals surface area (Å²) in [5.41, 5.74) is 1.10. The number of nitrogens with one attached hydrogen (secondary N) is 2. The molecule has 0 spiro atoms. The van der Waals surface area contributed by atoms with Crippen LogP contribution in [0.3, 0.4) is 0 Å². The van der Waals surface area contributed by atoms with Crippen molar-refractivity contribution in [3.8, 4) is 0 Å². The Kier molecular flexibility index (Phi) is 7.56. The number of benzene rings is 1. The maximum Gasteiger partial charge on any atom is 0.277 e. The number of likely N-dealkylation sites (N-methyl/N-ethyl adjacent to an activating group) is 2. The first-order valence-electron chi connectivity index (χ1n) is 9.53. The van der Waals surface area contributed by atoms with Crippen molar-refractivity contribution >= 4 is 21.8 Å². The van der Waals surface area contributed by atoms with Gasteiger partial charge in [0.05, 0.1) is 37.6 Å². The lowest BCUT2D eigenvalue weighted by molar-refractivity contribution is -0.895. The summed E-state index contributed by atoms with van der Waals surface area (Å²) in [6.45, 7) is 6.27. The van der Waals surface area contributed by atoms with E-state index in [4.69, 9.17) is 0 Å². The number of nitrogens with zero attached hydrogens (tertiary/aromatic N) is 2. The molecule has 1 aliphatic rings.